The lowest BCUT2D eigenvalue weighted by molar-refractivity contribution is -0.120. The zero-order valence-corrected chi connectivity index (χ0v) is 21.1. The Hall–Kier alpha value is -4.14. The van der Waals surface area contributed by atoms with Gasteiger partial charge in [-0.25, -0.2) is 9.69 Å². The van der Waals surface area contributed by atoms with Crippen LogP contribution in [0.5, 0.6) is 0 Å². The van der Waals surface area contributed by atoms with E-state index in [2.05, 4.69) is 10.6 Å². The first-order valence-corrected chi connectivity index (χ1v) is 12.0. The van der Waals surface area contributed by atoms with Crippen molar-refractivity contribution in [1.29, 1.82) is 0 Å². The SMILES string of the molecule is CCCOC(=O)c1cccc(NC(=O)c2ccc(NC3=C(Cl)C(=O)N(c4ccccc4Cl)C3=O)cc2)c1. The van der Waals surface area contributed by atoms with Gasteiger partial charge in [-0.05, 0) is 61.0 Å². The molecule has 0 aromatic heterocycles. The van der Waals surface area contributed by atoms with Gasteiger partial charge in [0, 0.05) is 16.9 Å². The third-order valence-electron chi connectivity index (χ3n) is 5.33. The van der Waals surface area contributed by atoms with E-state index in [1.54, 1.807) is 66.7 Å². The van der Waals surface area contributed by atoms with Crippen molar-refractivity contribution in [3.63, 3.8) is 0 Å². The first-order valence-electron chi connectivity index (χ1n) is 11.3. The summed E-state index contributed by atoms with van der Waals surface area (Å²) in [7, 11) is 0. The zero-order chi connectivity index (χ0) is 26.5. The van der Waals surface area contributed by atoms with Crippen molar-refractivity contribution in [3.8, 4) is 0 Å². The Labute approximate surface area is 222 Å². The monoisotopic (exact) mass is 537 g/mol. The van der Waals surface area contributed by atoms with Gasteiger partial charge in [-0.15, -0.1) is 0 Å². The minimum atomic E-state index is -0.695. The molecule has 1 heterocycles. The molecule has 3 aromatic rings. The second-order valence-corrected chi connectivity index (χ2v) is 8.74. The van der Waals surface area contributed by atoms with Crippen LogP contribution in [0.25, 0.3) is 0 Å². The fourth-order valence-corrected chi connectivity index (χ4v) is 3.95. The standard InChI is InChI=1S/C27H21Cl2N3O5/c1-2-14-37-27(36)17-6-5-7-19(15-17)31-24(33)16-10-12-18(13-11-16)30-23-22(29)25(34)32(26(23)35)21-9-4-3-8-20(21)28/h3-13,15,30H,2,14H2,1H3,(H,31,33). The number of rotatable bonds is 8. The molecule has 10 heteroatoms. The number of ether oxygens (including phenoxy) is 1. The average molecular weight is 538 g/mol. The molecule has 3 aromatic carbocycles. The van der Waals surface area contributed by atoms with E-state index in [1.165, 1.54) is 6.07 Å². The number of hydrogen-bond acceptors (Lipinski definition) is 6. The van der Waals surface area contributed by atoms with Crippen molar-refractivity contribution in [3.05, 3.63) is 99.7 Å². The molecule has 8 nitrogen and oxygen atoms in total. The van der Waals surface area contributed by atoms with Crippen LogP contribution in [-0.2, 0) is 14.3 Å². The van der Waals surface area contributed by atoms with Gasteiger partial charge >= 0.3 is 5.97 Å². The van der Waals surface area contributed by atoms with E-state index in [9.17, 15) is 19.2 Å². The molecule has 0 aliphatic carbocycles. The Balaban J connectivity index is 1.44. The minimum absolute atomic E-state index is 0.101. The van der Waals surface area contributed by atoms with Gasteiger partial charge in [0.25, 0.3) is 17.7 Å². The molecule has 1 aliphatic rings. The summed E-state index contributed by atoms with van der Waals surface area (Å²) in [6.45, 7) is 2.21. The van der Waals surface area contributed by atoms with Crippen molar-refractivity contribution in [1.82, 2.24) is 0 Å². The number of para-hydroxylation sites is 1. The number of benzene rings is 3. The molecule has 0 radical (unpaired) electrons. The van der Waals surface area contributed by atoms with Gasteiger partial charge in [0.15, 0.2) is 0 Å². The summed E-state index contributed by atoms with van der Waals surface area (Å²) in [6, 6.07) is 19.1. The third-order valence-corrected chi connectivity index (χ3v) is 6.00. The van der Waals surface area contributed by atoms with E-state index in [4.69, 9.17) is 27.9 Å². The Morgan fingerprint density at radius 3 is 2.30 bits per heavy atom. The smallest absolute Gasteiger partial charge is 0.338 e. The first kappa shape index (κ1) is 25.9. The molecule has 2 N–H and O–H groups in total. The molecule has 0 spiro atoms. The first-order chi connectivity index (χ1) is 17.8. The maximum Gasteiger partial charge on any atom is 0.338 e. The van der Waals surface area contributed by atoms with E-state index in [-0.39, 0.29) is 21.4 Å². The fraction of sp³-hybridized carbons (Fsp3) is 0.111. The lowest BCUT2D eigenvalue weighted by Crippen LogP contribution is -2.32. The molecule has 0 bridgehead atoms. The van der Waals surface area contributed by atoms with Crippen LogP contribution in [0.15, 0.2) is 83.5 Å². The third kappa shape index (κ3) is 5.66. The Kier molecular flexibility index (Phi) is 7.91. The predicted molar refractivity (Wildman–Crippen MR) is 142 cm³/mol. The van der Waals surface area contributed by atoms with E-state index >= 15 is 0 Å². The number of nitrogens with one attached hydrogen (secondary N) is 2. The van der Waals surface area contributed by atoms with E-state index in [0.29, 0.717) is 35.5 Å². The average Bonchev–Trinajstić information content (AvgIpc) is 3.11. The molecule has 0 atom stereocenters. The fourth-order valence-electron chi connectivity index (χ4n) is 3.52. The molecule has 0 saturated carbocycles. The molecule has 1 aliphatic heterocycles. The van der Waals surface area contributed by atoms with Crippen LogP contribution >= 0.6 is 23.2 Å². The van der Waals surface area contributed by atoms with Crippen LogP contribution in [0.4, 0.5) is 17.1 Å². The highest BCUT2D eigenvalue weighted by molar-refractivity contribution is 6.53. The number of nitrogens with zero attached hydrogens (tertiary/aromatic N) is 1. The number of anilines is 3. The van der Waals surface area contributed by atoms with E-state index in [1.807, 2.05) is 6.92 Å². The normalized spacial score (nSPS) is 13.1. The largest absolute Gasteiger partial charge is 0.462 e. The Bertz CT molecular complexity index is 1420. The quantitative estimate of drug-likeness (QED) is 0.286. The number of hydrogen-bond donors (Lipinski definition) is 2. The number of imide groups is 1. The highest BCUT2D eigenvalue weighted by Crippen LogP contribution is 2.34. The van der Waals surface area contributed by atoms with Crippen LogP contribution < -0.4 is 15.5 Å². The van der Waals surface area contributed by atoms with Crippen LogP contribution in [0, 0.1) is 0 Å². The van der Waals surface area contributed by atoms with Crippen LogP contribution in [0.2, 0.25) is 5.02 Å². The van der Waals surface area contributed by atoms with Crippen molar-refractivity contribution in [2.24, 2.45) is 0 Å². The number of carbonyl (C=O) groups excluding carboxylic acids is 4. The van der Waals surface area contributed by atoms with E-state index < -0.39 is 23.7 Å². The molecular weight excluding hydrogens is 517 g/mol. The maximum absolute atomic E-state index is 12.9. The summed E-state index contributed by atoms with van der Waals surface area (Å²) in [5, 5.41) is 5.54. The second kappa shape index (κ2) is 11.3. The summed E-state index contributed by atoms with van der Waals surface area (Å²) in [6.07, 6.45) is 0.709. The van der Waals surface area contributed by atoms with Crippen molar-refractivity contribution in [2.75, 3.05) is 22.1 Å². The molecule has 0 unspecified atom stereocenters. The van der Waals surface area contributed by atoms with Gasteiger partial charge in [-0.3, -0.25) is 14.4 Å². The summed E-state index contributed by atoms with van der Waals surface area (Å²) in [5.74, 6) is -2.21. The summed E-state index contributed by atoms with van der Waals surface area (Å²) >= 11 is 12.3. The maximum atomic E-state index is 12.9. The van der Waals surface area contributed by atoms with Crippen molar-refractivity contribution in [2.45, 2.75) is 13.3 Å². The van der Waals surface area contributed by atoms with Gasteiger partial charge in [-0.1, -0.05) is 48.3 Å². The van der Waals surface area contributed by atoms with Crippen LogP contribution in [0.1, 0.15) is 34.1 Å². The number of carbonyl (C=O) groups is 4. The summed E-state index contributed by atoms with van der Waals surface area (Å²) in [5.41, 5.74) is 1.66. The highest BCUT2D eigenvalue weighted by Gasteiger charge is 2.39. The van der Waals surface area contributed by atoms with Gasteiger partial charge in [0.05, 0.1) is 22.9 Å². The topological polar surface area (TPSA) is 105 Å². The molecule has 3 amide bonds. The van der Waals surface area contributed by atoms with Crippen molar-refractivity contribution >= 4 is 64.0 Å². The van der Waals surface area contributed by atoms with Crippen LogP contribution in [-0.4, -0.2) is 30.3 Å². The molecule has 4 rings (SSSR count). The van der Waals surface area contributed by atoms with E-state index in [0.717, 1.165) is 4.90 Å². The van der Waals surface area contributed by atoms with Crippen molar-refractivity contribution < 1.29 is 23.9 Å². The minimum Gasteiger partial charge on any atom is -0.462 e. The number of amides is 3. The molecule has 37 heavy (non-hydrogen) atoms. The molecule has 188 valence electrons. The Morgan fingerprint density at radius 2 is 1.59 bits per heavy atom. The summed E-state index contributed by atoms with van der Waals surface area (Å²) in [4.78, 5) is 51.3. The lowest BCUT2D eigenvalue weighted by Gasteiger charge is -2.16. The van der Waals surface area contributed by atoms with Gasteiger partial charge in [-0.2, -0.15) is 0 Å². The molecular formula is C27H21Cl2N3O5. The zero-order valence-electron chi connectivity index (χ0n) is 19.6. The Morgan fingerprint density at radius 1 is 0.865 bits per heavy atom. The number of halogens is 2. The lowest BCUT2D eigenvalue weighted by atomic mass is 10.1. The van der Waals surface area contributed by atoms with Gasteiger partial charge in [0.2, 0.25) is 0 Å². The molecule has 0 fully saturated rings. The second-order valence-electron chi connectivity index (χ2n) is 7.96. The predicted octanol–water partition coefficient (Wildman–Crippen LogP) is 5.59. The van der Waals surface area contributed by atoms with Gasteiger partial charge in [0.1, 0.15) is 10.7 Å². The van der Waals surface area contributed by atoms with Crippen LogP contribution in [0.3, 0.4) is 0 Å². The summed E-state index contributed by atoms with van der Waals surface area (Å²) < 4.78 is 5.12. The number of esters is 1. The highest BCUT2D eigenvalue weighted by atomic mass is 35.5. The van der Waals surface area contributed by atoms with Gasteiger partial charge < -0.3 is 15.4 Å². The molecule has 0 saturated heterocycles.